The van der Waals surface area contributed by atoms with Crippen molar-refractivity contribution in [3.63, 3.8) is 0 Å². The van der Waals surface area contributed by atoms with Gasteiger partial charge in [0, 0.05) is 32.4 Å². The molecule has 2 atom stereocenters. The van der Waals surface area contributed by atoms with Crippen molar-refractivity contribution in [2.45, 2.75) is 44.5 Å². The molecule has 110 valence electrons. The molecule has 0 radical (unpaired) electrons. The predicted molar refractivity (Wildman–Crippen MR) is 84.8 cm³/mol. The molecule has 2 unspecified atom stereocenters. The summed E-state index contributed by atoms with van der Waals surface area (Å²) in [5.74, 6) is 0.871. The van der Waals surface area contributed by atoms with Crippen molar-refractivity contribution in [3.8, 4) is 0 Å². The lowest BCUT2D eigenvalue weighted by Gasteiger charge is -2.30. The van der Waals surface area contributed by atoms with E-state index in [9.17, 15) is 4.79 Å². The highest BCUT2D eigenvalue weighted by molar-refractivity contribution is 8.01. The average Bonchev–Trinajstić information content (AvgIpc) is 2.39. The van der Waals surface area contributed by atoms with Crippen LogP contribution in [0.25, 0.3) is 0 Å². The van der Waals surface area contributed by atoms with Gasteiger partial charge in [0.1, 0.15) is 0 Å². The smallest absolute Gasteiger partial charge is 0.216 e. The first kappa shape index (κ1) is 16.7. The lowest BCUT2D eigenvalue weighted by Crippen LogP contribution is -2.42. The second kappa shape index (κ2) is 9.55. The maximum Gasteiger partial charge on any atom is 0.216 e. The molecule has 1 saturated heterocycles. The molecule has 0 spiro atoms. The van der Waals surface area contributed by atoms with E-state index in [1.54, 1.807) is 11.8 Å². The molecule has 0 saturated carbocycles. The van der Waals surface area contributed by atoms with E-state index in [1.807, 2.05) is 6.92 Å². The minimum atomic E-state index is 0.0142. The summed E-state index contributed by atoms with van der Waals surface area (Å²) in [5.41, 5.74) is 0. The van der Waals surface area contributed by atoms with Crippen molar-refractivity contribution in [1.82, 2.24) is 10.6 Å². The summed E-state index contributed by atoms with van der Waals surface area (Å²) < 4.78 is 5.85. The van der Waals surface area contributed by atoms with Crippen LogP contribution in [0, 0.1) is 0 Å². The van der Waals surface area contributed by atoms with Crippen LogP contribution >= 0.6 is 24.0 Å². The molecule has 19 heavy (non-hydrogen) atoms. The summed E-state index contributed by atoms with van der Waals surface area (Å²) in [7, 11) is 0. The van der Waals surface area contributed by atoms with Crippen LogP contribution in [0.2, 0.25) is 0 Å². The molecule has 0 bridgehead atoms. The molecule has 1 aliphatic rings. The first-order valence-corrected chi connectivity index (χ1v) is 8.36. The van der Waals surface area contributed by atoms with Crippen LogP contribution < -0.4 is 10.6 Å². The van der Waals surface area contributed by atoms with E-state index in [1.165, 1.54) is 13.3 Å². The predicted octanol–water partition coefficient (Wildman–Crippen LogP) is 1.73. The molecule has 1 heterocycles. The number of ether oxygens (including phenoxy) is 1. The van der Waals surface area contributed by atoms with Crippen LogP contribution in [0.3, 0.4) is 0 Å². The Morgan fingerprint density at radius 2 is 2.26 bits per heavy atom. The summed E-state index contributed by atoms with van der Waals surface area (Å²) in [6.07, 6.45) is 3.64. The minimum Gasteiger partial charge on any atom is -0.379 e. The second-order valence-corrected chi connectivity index (χ2v) is 6.26. The molecule has 1 aliphatic heterocycles. The molecule has 1 rings (SSSR count). The van der Waals surface area contributed by atoms with E-state index >= 15 is 0 Å². The molecule has 0 aromatic heterocycles. The Morgan fingerprint density at radius 1 is 1.47 bits per heavy atom. The highest BCUT2D eigenvalue weighted by atomic mass is 32.2. The Bertz CT molecular complexity index is 294. The van der Waals surface area contributed by atoms with Gasteiger partial charge in [0.2, 0.25) is 5.91 Å². The third-order valence-corrected chi connectivity index (χ3v) is 4.82. The monoisotopic (exact) mass is 304 g/mol. The topological polar surface area (TPSA) is 50.4 Å². The number of thioether (sulfide) groups is 1. The molecule has 0 aromatic carbocycles. The number of nitrogens with one attached hydrogen (secondary N) is 2. The van der Waals surface area contributed by atoms with Gasteiger partial charge in [-0.15, -0.1) is 11.8 Å². The van der Waals surface area contributed by atoms with Crippen LogP contribution in [0.5, 0.6) is 0 Å². The first-order chi connectivity index (χ1) is 9.15. The number of carbonyl (C=O) groups is 1. The second-order valence-electron chi connectivity index (χ2n) is 4.57. The van der Waals surface area contributed by atoms with Gasteiger partial charge in [-0.1, -0.05) is 12.2 Å². The van der Waals surface area contributed by atoms with E-state index in [0.29, 0.717) is 6.54 Å². The Hall–Kier alpha value is -0.330. The Labute approximate surface area is 125 Å². The number of amides is 1. The molecule has 4 nitrogen and oxygen atoms in total. The van der Waals surface area contributed by atoms with Crippen LogP contribution in [-0.4, -0.2) is 47.7 Å². The van der Waals surface area contributed by atoms with Gasteiger partial charge in [-0.2, -0.15) is 0 Å². The van der Waals surface area contributed by atoms with Crippen molar-refractivity contribution >= 4 is 34.9 Å². The Balaban J connectivity index is 2.43. The zero-order valence-electron chi connectivity index (χ0n) is 11.7. The third kappa shape index (κ3) is 6.58. The van der Waals surface area contributed by atoms with E-state index in [4.69, 9.17) is 17.0 Å². The van der Waals surface area contributed by atoms with Crippen molar-refractivity contribution in [3.05, 3.63) is 0 Å². The zero-order chi connectivity index (χ0) is 14.1. The van der Waals surface area contributed by atoms with Crippen LogP contribution in [-0.2, 0) is 9.53 Å². The van der Waals surface area contributed by atoms with Gasteiger partial charge in [-0.05, 0) is 26.2 Å². The Kier molecular flexibility index (Phi) is 8.41. The van der Waals surface area contributed by atoms with Crippen molar-refractivity contribution in [2.75, 3.05) is 25.4 Å². The molecule has 0 aliphatic carbocycles. The summed E-state index contributed by atoms with van der Waals surface area (Å²) >= 11 is 7.23. The number of thiocarbonyl (C=S) groups is 1. The summed E-state index contributed by atoms with van der Waals surface area (Å²) in [6.45, 7) is 5.94. The van der Waals surface area contributed by atoms with E-state index in [0.717, 1.165) is 36.7 Å². The fraction of sp³-hybridized carbons (Fsp3) is 0.846. The number of rotatable bonds is 7. The Morgan fingerprint density at radius 3 is 2.84 bits per heavy atom. The fourth-order valence-electron chi connectivity index (χ4n) is 2.04. The SMILES string of the molecule is CCNC(=S)C(SCCNC(C)=O)C1CCCCO1. The highest BCUT2D eigenvalue weighted by Gasteiger charge is 2.28. The van der Waals surface area contributed by atoms with Crippen LogP contribution in [0.15, 0.2) is 0 Å². The molecular weight excluding hydrogens is 280 g/mol. The van der Waals surface area contributed by atoms with Gasteiger partial charge in [-0.3, -0.25) is 4.79 Å². The maximum atomic E-state index is 10.8. The summed E-state index contributed by atoms with van der Waals surface area (Å²) in [5, 5.41) is 6.24. The molecule has 0 aromatic rings. The van der Waals surface area contributed by atoms with Gasteiger partial charge in [0.05, 0.1) is 16.3 Å². The lowest BCUT2D eigenvalue weighted by atomic mass is 10.1. The molecule has 6 heteroatoms. The number of hydrogen-bond acceptors (Lipinski definition) is 4. The van der Waals surface area contributed by atoms with Crippen molar-refractivity contribution in [2.24, 2.45) is 0 Å². The van der Waals surface area contributed by atoms with E-state index in [2.05, 4.69) is 10.6 Å². The van der Waals surface area contributed by atoms with Crippen molar-refractivity contribution in [1.29, 1.82) is 0 Å². The van der Waals surface area contributed by atoms with Crippen molar-refractivity contribution < 1.29 is 9.53 Å². The molecule has 1 fully saturated rings. The van der Waals surface area contributed by atoms with Crippen LogP contribution in [0.4, 0.5) is 0 Å². The number of hydrogen-bond donors (Lipinski definition) is 2. The van der Waals surface area contributed by atoms with E-state index < -0.39 is 0 Å². The van der Waals surface area contributed by atoms with Gasteiger partial charge < -0.3 is 15.4 Å². The number of carbonyl (C=O) groups excluding carboxylic acids is 1. The average molecular weight is 304 g/mol. The van der Waals surface area contributed by atoms with Gasteiger partial charge >= 0.3 is 0 Å². The third-order valence-electron chi connectivity index (χ3n) is 2.94. The molecule has 2 N–H and O–H groups in total. The van der Waals surface area contributed by atoms with E-state index in [-0.39, 0.29) is 17.3 Å². The maximum absolute atomic E-state index is 10.8. The first-order valence-electron chi connectivity index (χ1n) is 6.90. The van der Waals surface area contributed by atoms with Gasteiger partial charge in [0.25, 0.3) is 0 Å². The van der Waals surface area contributed by atoms with Crippen LogP contribution in [0.1, 0.15) is 33.1 Å². The standard InChI is InChI=1S/C13H24N2O2S2/c1-3-14-13(18)12(11-6-4-5-8-17-11)19-9-7-15-10(2)16/h11-12H,3-9H2,1-2H3,(H,14,18)(H,15,16). The highest BCUT2D eigenvalue weighted by Crippen LogP contribution is 2.25. The van der Waals surface area contributed by atoms with Gasteiger partial charge in [0.15, 0.2) is 0 Å². The largest absolute Gasteiger partial charge is 0.379 e. The fourth-order valence-corrected chi connectivity index (χ4v) is 3.68. The zero-order valence-corrected chi connectivity index (χ0v) is 13.4. The lowest BCUT2D eigenvalue weighted by molar-refractivity contribution is -0.118. The van der Waals surface area contributed by atoms with Gasteiger partial charge in [-0.25, -0.2) is 0 Å². The summed E-state index contributed by atoms with van der Waals surface area (Å²) in [4.78, 5) is 11.7. The molecular formula is C13H24N2O2S2. The quantitative estimate of drug-likeness (QED) is 0.554. The summed E-state index contributed by atoms with van der Waals surface area (Å²) in [6, 6.07) is 0. The minimum absolute atomic E-state index is 0.0142. The normalized spacial score (nSPS) is 20.6. The molecule has 1 amide bonds.